The molecular weight excluding hydrogens is 268 g/mol. The van der Waals surface area contributed by atoms with Gasteiger partial charge in [0.1, 0.15) is 6.04 Å². The number of aliphatic hydroxyl groups excluding tert-OH is 2. The number of aliphatic hydroxyl groups is 2. The van der Waals surface area contributed by atoms with E-state index in [1.54, 1.807) is 0 Å². The van der Waals surface area contributed by atoms with E-state index in [1.807, 2.05) is 6.92 Å². The summed E-state index contributed by atoms with van der Waals surface area (Å²) < 4.78 is 0. The maximum Gasteiger partial charge on any atom is 0.332 e. The van der Waals surface area contributed by atoms with E-state index in [0.717, 1.165) is 0 Å². The normalized spacial score (nSPS) is 15.6. The molecule has 0 radical (unpaired) electrons. The second-order valence-electron chi connectivity index (χ2n) is 4.64. The zero-order valence-electron chi connectivity index (χ0n) is 11.6. The Morgan fingerprint density at radius 3 is 2.10 bits per heavy atom. The molecule has 0 heterocycles. The Balaban J connectivity index is 3.93. The van der Waals surface area contributed by atoms with E-state index < -0.39 is 24.1 Å². The van der Waals surface area contributed by atoms with Crippen molar-refractivity contribution in [3.05, 3.63) is 0 Å². The van der Waals surface area contributed by atoms with Gasteiger partial charge in [0, 0.05) is 12.6 Å². The van der Waals surface area contributed by atoms with E-state index in [-0.39, 0.29) is 25.6 Å². The van der Waals surface area contributed by atoms with Gasteiger partial charge in [-0.1, -0.05) is 0 Å². The molecule has 0 amide bonds. The molecule has 0 fully saturated rings. The molecule has 0 aliphatic rings. The second-order valence-corrected chi connectivity index (χ2v) is 4.64. The minimum atomic E-state index is -1.49. The fraction of sp³-hybridized carbons (Fsp3) is 0.833. The first-order chi connectivity index (χ1) is 9.38. The highest BCUT2D eigenvalue weighted by Crippen LogP contribution is 1.96. The van der Waals surface area contributed by atoms with Crippen LogP contribution in [0.25, 0.3) is 0 Å². The van der Waals surface area contributed by atoms with E-state index in [4.69, 9.17) is 20.4 Å². The standard InChI is InChI=1S/C12H24N2O6/c1-8(4-7-15)13-5-2-9(11(17)18)14-6-3-10(16)12(19)20/h8-10,13-16H,2-7H2,1H3,(H,17,18)(H,19,20)/t8-,9+,10+/m1/s1. The number of hydrogen-bond acceptors (Lipinski definition) is 6. The van der Waals surface area contributed by atoms with Crippen molar-refractivity contribution in [2.75, 3.05) is 19.7 Å². The van der Waals surface area contributed by atoms with Crippen LogP contribution in [0.1, 0.15) is 26.2 Å². The minimum Gasteiger partial charge on any atom is -0.480 e. The molecule has 3 atom stereocenters. The lowest BCUT2D eigenvalue weighted by molar-refractivity contribution is -0.146. The summed E-state index contributed by atoms with van der Waals surface area (Å²) in [6, 6.07) is -0.701. The molecule has 0 aromatic heterocycles. The number of carbonyl (C=O) groups is 2. The average Bonchev–Trinajstić information content (AvgIpc) is 2.36. The molecule has 0 bridgehead atoms. The molecule has 20 heavy (non-hydrogen) atoms. The first-order valence-corrected chi connectivity index (χ1v) is 6.59. The van der Waals surface area contributed by atoms with E-state index >= 15 is 0 Å². The first kappa shape index (κ1) is 18.8. The topological polar surface area (TPSA) is 139 Å². The van der Waals surface area contributed by atoms with Gasteiger partial charge in [-0.25, -0.2) is 4.79 Å². The lowest BCUT2D eigenvalue weighted by Gasteiger charge is -2.17. The van der Waals surface area contributed by atoms with E-state index in [9.17, 15) is 9.59 Å². The van der Waals surface area contributed by atoms with Crippen molar-refractivity contribution in [1.82, 2.24) is 10.6 Å². The van der Waals surface area contributed by atoms with E-state index in [2.05, 4.69) is 10.6 Å². The van der Waals surface area contributed by atoms with Gasteiger partial charge in [-0.05, 0) is 39.3 Å². The van der Waals surface area contributed by atoms with Gasteiger partial charge in [0.15, 0.2) is 6.10 Å². The quantitative estimate of drug-likeness (QED) is 0.258. The predicted octanol–water partition coefficient (Wildman–Crippen LogP) is -1.38. The van der Waals surface area contributed by atoms with Gasteiger partial charge in [0.2, 0.25) is 0 Å². The lowest BCUT2D eigenvalue weighted by Crippen LogP contribution is -2.41. The molecule has 6 N–H and O–H groups in total. The molecule has 0 saturated heterocycles. The smallest absolute Gasteiger partial charge is 0.332 e. The number of nitrogens with one attached hydrogen (secondary N) is 2. The zero-order chi connectivity index (χ0) is 15.5. The SMILES string of the molecule is C[C@H](CCO)NCC[C@H](NCC[C@H](O)C(=O)O)C(=O)O. The van der Waals surface area contributed by atoms with Gasteiger partial charge in [-0.3, -0.25) is 4.79 Å². The molecule has 0 saturated carbocycles. The van der Waals surface area contributed by atoms with Gasteiger partial charge in [-0.2, -0.15) is 0 Å². The van der Waals surface area contributed by atoms with Crippen LogP contribution in [0.4, 0.5) is 0 Å². The van der Waals surface area contributed by atoms with Crippen molar-refractivity contribution in [3.8, 4) is 0 Å². The fourth-order valence-electron chi connectivity index (χ4n) is 1.60. The Labute approximate surface area is 117 Å². The Morgan fingerprint density at radius 2 is 1.60 bits per heavy atom. The van der Waals surface area contributed by atoms with Gasteiger partial charge in [0.25, 0.3) is 0 Å². The largest absolute Gasteiger partial charge is 0.480 e. The van der Waals surface area contributed by atoms with Crippen LogP contribution in [0, 0.1) is 0 Å². The Kier molecular flexibility index (Phi) is 9.91. The summed E-state index contributed by atoms with van der Waals surface area (Å²) >= 11 is 0. The molecule has 118 valence electrons. The van der Waals surface area contributed by atoms with Crippen LogP contribution in [-0.2, 0) is 9.59 Å². The Bertz CT molecular complexity index is 300. The van der Waals surface area contributed by atoms with Gasteiger partial charge in [-0.15, -0.1) is 0 Å². The number of carboxylic acid groups (broad SMARTS) is 2. The number of rotatable bonds is 12. The molecule has 0 aliphatic heterocycles. The molecule has 0 unspecified atom stereocenters. The zero-order valence-corrected chi connectivity index (χ0v) is 11.6. The highest BCUT2D eigenvalue weighted by Gasteiger charge is 2.18. The molecule has 8 heteroatoms. The van der Waals surface area contributed by atoms with Crippen LogP contribution >= 0.6 is 0 Å². The molecule has 8 nitrogen and oxygen atoms in total. The third-order valence-electron chi connectivity index (χ3n) is 2.88. The predicted molar refractivity (Wildman–Crippen MR) is 71.5 cm³/mol. The maximum absolute atomic E-state index is 11.0. The summed E-state index contributed by atoms with van der Waals surface area (Å²) in [5.41, 5.74) is 0. The van der Waals surface area contributed by atoms with Crippen molar-refractivity contribution in [3.63, 3.8) is 0 Å². The third-order valence-corrected chi connectivity index (χ3v) is 2.88. The molecular formula is C12H24N2O6. The Morgan fingerprint density at radius 1 is 1.00 bits per heavy atom. The van der Waals surface area contributed by atoms with Crippen LogP contribution in [0.15, 0.2) is 0 Å². The fourth-order valence-corrected chi connectivity index (χ4v) is 1.60. The molecule has 0 rings (SSSR count). The van der Waals surface area contributed by atoms with E-state index in [0.29, 0.717) is 19.4 Å². The molecule has 0 aliphatic carbocycles. The summed E-state index contributed by atoms with van der Waals surface area (Å²) in [6.45, 7) is 2.54. The summed E-state index contributed by atoms with van der Waals surface area (Å²) in [6.07, 6.45) is -0.614. The summed E-state index contributed by atoms with van der Waals surface area (Å²) in [4.78, 5) is 21.4. The highest BCUT2D eigenvalue weighted by molar-refractivity contribution is 5.73. The summed E-state index contributed by atoms with van der Waals surface area (Å²) in [7, 11) is 0. The van der Waals surface area contributed by atoms with Gasteiger partial charge < -0.3 is 31.1 Å². The molecule has 0 aromatic rings. The van der Waals surface area contributed by atoms with Crippen LogP contribution in [0.2, 0.25) is 0 Å². The number of aliphatic carboxylic acids is 2. The van der Waals surface area contributed by atoms with Crippen LogP contribution in [0.5, 0.6) is 0 Å². The maximum atomic E-state index is 11.0. The average molecular weight is 292 g/mol. The van der Waals surface area contributed by atoms with E-state index in [1.165, 1.54) is 0 Å². The van der Waals surface area contributed by atoms with Crippen molar-refractivity contribution < 1.29 is 30.0 Å². The van der Waals surface area contributed by atoms with Crippen LogP contribution in [0.3, 0.4) is 0 Å². The first-order valence-electron chi connectivity index (χ1n) is 6.59. The minimum absolute atomic E-state index is 0.0482. The molecule has 0 aromatic carbocycles. The summed E-state index contributed by atoms with van der Waals surface area (Å²) in [5, 5.41) is 41.1. The van der Waals surface area contributed by atoms with Crippen molar-refractivity contribution in [2.45, 2.75) is 44.4 Å². The van der Waals surface area contributed by atoms with Crippen molar-refractivity contribution >= 4 is 11.9 Å². The van der Waals surface area contributed by atoms with Gasteiger partial charge >= 0.3 is 11.9 Å². The number of carboxylic acids is 2. The van der Waals surface area contributed by atoms with Crippen LogP contribution in [-0.4, -0.2) is 70.2 Å². The molecule has 0 spiro atoms. The van der Waals surface area contributed by atoms with Gasteiger partial charge in [0.05, 0.1) is 0 Å². The van der Waals surface area contributed by atoms with Crippen LogP contribution < -0.4 is 10.6 Å². The Hall–Kier alpha value is -1.22. The third kappa shape index (κ3) is 8.81. The summed E-state index contributed by atoms with van der Waals surface area (Å²) in [5.74, 6) is -2.34. The van der Waals surface area contributed by atoms with Crippen molar-refractivity contribution in [2.24, 2.45) is 0 Å². The monoisotopic (exact) mass is 292 g/mol. The second kappa shape index (κ2) is 10.6. The highest BCUT2D eigenvalue weighted by atomic mass is 16.4. The number of hydrogen-bond donors (Lipinski definition) is 6. The van der Waals surface area contributed by atoms with Crippen molar-refractivity contribution in [1.29, 1.82) is 0 Å². The lowest BCUT2D eigenvalue weighted by atomic mass is 10.1.